The number of benzene rings is 1. The summed E-state index contributed by atoms with van der Waals surface area (Å²) in [4.78, 5) is 9.99. The van der Waals surface area contributed by atoms with Gasteiger partial charge in [-0.1, -0.05) is 15.9 Å². The highest BCUT2D eigenvalue weighted by molar-refractivity contribution is 9.10. The molecule has 0 radical (unpaired) electrons. The zero-order valence-corrected chi connectivity index (χ0v) is 8.68. The average molecular weight is 248 g/mol. The van der Waals surface area contributed by atoms with Crippen LogP contribution in [0.3, 0.4) is 0 Å². The van der Waals surface area contributed by atoms with Crippen LogP contribution in [0.5, 0.6) is 0 Å². The van der Waals surface area contributed by atoms with Crippen LogP contribution in [0.25, 0.3) is 0 Å². The summed E-state index contributed by atoms with van der Waals surface area (Å²) in [6, 6.07) is 1.23. The van der Waals surface area contributed by atoms with Crippen molar-refractivity contribution in [1.82, 2.24) is 0 Å². The van der Waals surface area contributed by atoms with Crippen molar-refractivity contribution in [2.45, 2.75) is 13.8 Å². The Labute approximate surface area is 82.8 Å². The van der Waals surface area contributed by atoms with E-state index in [1.165, 1.54) is 13.0 Å². The number of nitrogens with zero attached hydrogens (tertiary/aromatic N) is 1. The maximum atomic E-state index is 13.0. The number of hydrogen-bond acceptors (Lipinski definition) is 2. The summed E-state index contributed by atoms with van der Waals surface area (Å²) in [6.45, 7) is 2.97. The predicted octanol–water partition coefficient (Wildman–Crippen LogP) is 3.11. The normalized spacial score (nSPS) is 10.2. The Morgan fingerprint density at radius 1 is 1.46 bits per heavy atom. The summed E-state index contributed by atoms with van der Waals surface area (Å²) in [5.74, 6) is -0.566. The molecule has 3 nitrogen and oxygen atoms in total. The fourth-order valence-electron chi connectivity index (χ4n) is 1.11. The number of halogens is 2. The van der Waals surface area contributed by atoms with Gasteiger partial charge < -0.3 is 0 Å². The first kappa shape index (κ1) is 10.1. The van der Waals surface area contributed by atoms with Gasteiger partial charge in [0.05, 0.1) is 10.5 Å². The average Bonchev–Trinajstić information content (AvgIpc) is 2.01. The van der Waals surface area contributed by atoms with Gasteiger partial charge in [0.25, 0.3) is 5.69 Å². The SMILES string of the molecule is Cc1c(F)cc(Br)c(C)c1[N+](=O)[O-]. The largest absolute Gasteiger partial charge is 0.279 e. The quantitative estimate of drug-likeness (QED) is 0.566. The van der Waals surface area contributed by atoms with Gasteiger partial charge in [0.1, 0.15) is 5.82 Å². The molecule has 13 heavy (non-hydrogen) atoms. The van der Waals surface area contributed by atoms with Crippen LogP contribution in [0, 0.1) is 29.8 Å². The molecular formula is C8H7BrFNO2. The van der Waals surface area contributed by atoms with Crippen LogP contribution in [-0.2, 0) is 0 Å². The van der Waals surface area contributed by atoms with Gasteiger partial charge in [-0.15, -0.1) is 0 Å². The molecule has 0 atom stereocenters. The lowest BCUT2D eigenvalue weighted by Crippen LogP contribution is -1.98. The van der Waals surface area contributed by atoms with Crippen molar-refractivity contribution < 1.29 is 9.31 Å². The maximum Gasteiger partial charge on any atom is 0.279 e. The van der Waals surface area contributed by atoms with Crippen molar-refractivity contribution in [2.24, 2.45) is 0 Å². The minimum absolute atomic E-state index is 0.0747. The van der Waals surface area contributed by atoms with Crippen LogP contribution < -0.4 is 0 Å². The van der Waals surface area contributed by atoms with Gasteiger partial charge in [-0.05, 0) is 19.9 Å². The smallest absolute Gasteiger partial charge is 0.258 e. The molecule has 0 bridgehead atoms. The lowest BCUT2D eigenvalue weighted by Gasteiger charge is -2.04. The highest BCUT2D eigenvalue weighted by atomic mass is 79.9. The molecule has 0 aliphatic carbocycles. The second-order valence-electron chi connectivity index (χ2n) is 2.70. The number of nitro groups is 1. The molecule has 0 aliphatic heterocycles. The summed E-state index contributed by atoms with van der Waals surface area (Å²) in [7, 11) is 0. The Bertz CT molecular complexity index is 353. The van der Waals surface area contributed by atoms with Gasteiger partial charge in [0.15, 0.2) is 0 Å². The third kappa shape index (κ3) is 1.70. The van der Waals surface area contributed by atoms with Crippen molar-refractivity contribution in [3.8, 4) is 0 Å². The van der Waals surface area contributed by atoms with E-state index in [1.54, 1.807) is 6.92 Å². The summed E-state index contributed by atoms with van der Waals surface area (Å²) in [6.07, 6.45) is 0. The topological polar surface area (TPSA) is 43.1 Å². The molecule has 0 fully saturated rings. The van der Waals surface area contributed by atoms with Gasteiger partial charge in [-0.25, -0.2) is 4.39 Å². The number of rotatable bonds is 1. The third-order valence-electron chi connectivity index (χ3n) is 1.86. The van der Waals surface area contributed by atoms with E-state index in [4.69, 9.17) is 0 Å². The maximum absolute atomic E-state index is 13.0. The molecule has 0 heterocycles. The monoisotopic (exact) mass is 247 g/mol. The van der Waals surface area contributed by atoms with Crippen LogP contribution in [0.15, 0.2) is 10.5 Å². The molecule has 1 rings (SSSR count). The van der Waals surface area contributed by atoms with Crippen molar-refractivity contribution >= 4 is 21.6 Å². The van der Waals surface area contributed by atoms with Crippen molar-refractivity contribution in [3.63, 3.8) is 0 Å². The zero-order valence-electron chi connectivity index (χ0n) is 7.10. The molecule has 0 aromatic heterocycles. The Hall–Kier alpha value is -0.970. The first-order valence-corrected chi connectivity index (χ1v) is 4.34. The Balaban J connectivity index is 3.56. The van der Waals surface area contributed by atoms with E-state index in [0.29, 0.717) is 10.0 Å². The summed E-state index contributed by atoms with van der Waals surface area (Å²) in [5, 5.41) is 10.6. The van der Waals surface area contributed by atoms with Gasteiger partial charge in [0.2, 0.25) is 0 Å². The van der Waals surface area contributed by atoms with Crippen LogP contribution in [0.2, 0.25) is 0 Å². The minimum Gasteiger partial charge on any atom is -0.258 e. The summed E-state index contributed by atoms with van der Waals surface area (Å²) >= 11 is 3.05. The molecule has 70 valence electrons. The second-order valence-corrected chi connectivity index (χ2v) is 3.55. The molecule has 0 unspecified atom stereocenters. The molecule has 0 N–H and O–H groups in total. The van der Waals surface area contributed by atoms with Crippen LogP contribution in [0.1, 0.15) is 11.1 Å². The number of nitro benzene ring substituents is 1. The molecule has 0 spiro atoms. The summed E-state index contributed by atoms with van der Waals surface area (Å²) < 4.78 is 13.5. The van der Waals surface area contributed by atoms with Gasteiger partial charge >= 0.3 is 0 Å². The first-order chi connectivity index (χ1) is 5.95. The summed E-state index contributed by atoms with van der Waals surface area (Å²) in [5.41, 5.74) is 0.362. The van der Waals surface area contributed by atoms with Crippen molar-refractivity contribution in [1.29, 1.82) is 0 Å². The van der Waals surface area contributed by atoms with E-state index in [0.717, 1.165) is 0 Å². The standard InChI is InChI=1S/C8H7BrFNO2/c1-4-6(9)3-7(10)5(2)8(4)11(12)13/h3H,1-2H3. The third-order valence-corrected chi connectivity index (χ3v) is 2.69. The van der Waals surface area contributed by atoms with E-state index in [2.05, 4.69) is 15.9 Å². The van der Waals surface area contributed by atoms with Crippen LogP contribution >= 0.6 is 15.9 Å². The van der Waals surface area contributed by atoms with E-state index in [1.807, 2.05) is 0 Å². The lowest BCUT2D eigenvalue weighted by molar-refractivity contribution is -0.386. The van der Waals surface area contributed by atoms with Gasteiger partial charge in [-0.2, -0.15) is 0 Å². The highest BCUT2D eigenvalue weighted by Gasteiger charge is 2.20. The fourth-order valence-corrected chi connectivity index (χ4v) is 1.50. The van der Waals surface area contributed by atoms with E-state index >= 15 is 0 Å². The Morgan fingerprint density at radius 3 is 2.46 bits per heavy atom. The molecule has 0 saturated heterocycles. The highest BCUT2D eigenvalue weighted by Crippen LogP contribution is 2.31. The van der Waals surface area contributed by atoms with Crippen molar-refractivity contribution in [3.05, 3.63) is 37.6 Å². The van der Waals surface area contributed by atoms with E-state index in [-0.39, 0.29) is 11.3 Å². The van der Waals surface area contributed by atoms with Crippen LogP contribution in [0.4, 0.5) is 10.1 Å². The zero-order chi connectivity index (χ0) is 10.2. The minimum atomic E-state index is -0.571. The predicted molar refractivity (Wildman–Crippen MR) is 50.2 cm³/mol. The molecular weight excluding hydrogens is 241 g/mol. The fraction of sp³-hybridized carbons (Fsp3) is 0.250. The van der Waals surface area contributed by atoms with Gasteiger partial charge in [0, 0.05) is 10.0 Å². The lowest BCUT2D eigenvalue weighted by atomic mass is 10.1. The van der Waals surface area contributed by atoms with Gasteiger partial charge in [-0.3, -0.25) is 10.1 Å². The number of hydrogen-bond donors (Lipinski definition) is 0. The Kier molecular flexibility index (Phi) is 2.66. The van der Waals surface area contributed by atoms with E-state index < -0.39 is 10.7 Å². The Morgan fingerprint density at radius 2 is 2.00 bits per heavy atom. The molecule has 1 aromatic rings. The van der Waals surface area contributed by atoms with Crippen molar-refractivity contribution in [2.75, 3.05) is 0 Å². The molecule has 0 aliphatic rings. The molecule has 5 heteroatoms. The first-order valence-electron chi connectivity index (χ1n) is 3.54. The molecule has 0 saturated carbocycles. The van der Waals surface area contributed by atoms with E-state index in [9.17, 15) is 14.5 Å². The van der Waals surface area contributed by atoms with Crippen LogP contribution in [-0.4, -0.2) is 4.92 Å². The molecule has 1 aromatic carbocycles. The second kappa shape index (κ2) is 3.41. The molecule has 0 amide bonds.